The smallest absolute Gasteiger partial charge is 0.248 e. The minimum atomic E-state index is -0.496. The molecule has 2 heterocycles. The third-order valence-corrected chi connectivity index (χ3v) is 3.09. The van der Waals surface area contributed by atoms with Gasteiger partial charge in [0.05, 0.1) is 6.20 Å². The highest BCUT2D eigenvalue weighted by molar-refractivity contribution is 5.93. The number of nitrogen functional groups attached to an aromatic ring is 1. The number of anilines is 1. The van der Waals surface area contributed by atoms with E-state index in [1.807, 2.05) is 30.5 Å². The molecule has 0 spiro atoms. The quantitative estimate of drug-likeness (QED) is 0.711. The van der Waals surface area contributed by atoms with Crippen LogP contribution >= 0.6 is 0 Å². The fourth-order valence-corrected chi connectivity index (χ4v) is 1.97. The fourth-order valence-electron chi connectivity index (χ4n) is 1.97. The summed E-state index contributed by atoms with van der Waals surface area (Å²) in [4.78, 5) is 15.4. The molecule has 0 unspecified atom stereocenters. The van der Waals surface area contributed by atoms with E-state index in [1.54, 1.807) is 23.0 Å². The van der Waals surface area contributed by atoms with Crippen LogP contribution in [0.4, 0.5) is 5.69 Å². The van der Waals surface area contributed by atoms with Crippen LogP contribution < -0.4 is 11.5 Å². The van der Waals surface area contributed by atoms with E-state index in [4.69, 9.17) is 11.5 Å². The number of aromatic nitrogens is 3. The summed E-state index contributed by atoms with van der Waals surface area (Å²) in [5, 5.41) is 4.26. The molecule has 0 aliphatic rings. The van der Waals surface area contributed by atoms with Crippen molar-refractivity contribution < 1.29 is 4.79 Å². The highest BCUT2D eigenvalue weighted by Gasteiger charge is 2.07. The zero-order valence-electron chi connectivity index (χ0n) is 11.1. The molecule has 0 fully saturated rings. The maximum absolute atomic E-state index is 11.2. The summed E-state index contributed by atoms with van der Waals surface area (Å²) in [5.74, 6) is 0.0394. The molecule has 0 bridgehead atoms. The van der Waals surface area contributed by atoms with E-state index in [0.717, 1.165) is 11.1 Å². The predicted molar refractivity (Wildman–Crippen MR) is 79.7 cm³/mol. The minimum Gasteiger partial charge on any atom is -0.399 e. The number of amides is 1. The Labute approximate surface area is 121 Å². The summed E-state index contributed by atoms with van der Waals surface area (Å²) < 4.78 is 1.60. The van der Waals surface area contributed by atoms with Gasteiger partial charge in [-0.25, -0.2) is 9.67 Å². The van der Waals surface area contributed by atoms with Gasteiger partial charge in [-0.3, -0.25) is 4.79 Å². The van der Waals surface area contributed by atoms with Gasteiger partial charge in [-0.1, -0.05) is 12.1 Å². The van der Waals surface area contributed by atoms with Crippen LogP contribution in [0.25, 0.3) is 16.9 Å². The highest BCUT2D eigenvalue weighted by atomic mass is 16.1. The lowest BCUT2D eigenvalue weighted by Crippen LogP contribution is -2.12. The van der Waals surface area contributed by atoms with Crippen molar-refractivity contribution in [1.82, 2.24) is 14.8 Å². The lowest BCUT2D eigenvalue weighted by Gasteiger charge is -2.01. The lowest BCUT2D eigenvalue weighted by molar-refractivity contribution is 0.1000. The zero-order valence-corrected chi connectivity index (χ0v) is 11.1. The van der Waals surface area contributed by atoms with Gasteiger partial charge in [-0.15, -0.1) is 0 Å². The highest BCUT2D eigenvalue weighted by Crippen LogP contribution is 2.20. The summed E-state index contributed by atoms with van der Waals surface area (Å²) in [6, 6.07) is 10.7. The Kier molecular flexibility index (Phi) is 3.12. The third-order valence-electron chi connectivity index (χ3n) is 3.09. The molecule has 4 N–H and O–H groups in total. The second kappa shape index (κ2) is 5.09. The van der Waals surface area contributed by atoms with E-state index < -0.39 is 5.91 Å². The van der Waals surface area contributed by atoms with Crippen molar-refractivity contribution in [3.63, 3.8) is 0 Å². The molecule has 3 aromatic rings. The second-order valence-corrected chi connectivity index (χ2v) is 4.56. The molecular formula is C15H13N5O. The van der Waals surface area contributed by atoms with Crippen molar-refractivity contribution in [2.75, 3.05) is 5.73 Å². The van der Waals surface area contributed by atoms with Crippen molar-refractivity contribution in [2.24, 2.45) is 5.73 Å². The second-order valence-electron chi connectivity index (χ2n) is 4.56. The first-order valence-electron chi connectivity index (χ1n) is 6.30. The molecule has 0 aliphatic carbocycles. The number of benzene rings is 1. The van der Waals surface area contributed by atoms with Crippen LogP contribution in [0.1, 0.15) is 10.4 Å². The molecule has 0 aliphatic heterocycles. The number of hydrogen-bond acceptors (Lipinski definition) is 4. The number of nitrogens with two attached hydrogens (primary N) is 2. The maximum atomic E-state index is 11.2. The molecule has 1 aromatic carbocycles. The van der Waals surface area contributed by atoms with E-state index in [0.29, 0.717) is 17.1 Å². The molecule has 104 valence electrons. The Morgan fingerprint density at radius 3 is 2.57 bits per heavy atom. The van der Waals surface area contributed by atoms with Gasteiger partial charge in [0.1, 0.15) is 0 Å². The van der Waals surface area contributed by atoms with Gasteiger partial charge in [0.2, 0.25) is 5.91 Å². The van der Waals surface area contributed by atoms with Crippen molar-refractivity contribution in [3.05, 3.63) is 60.6 Å². The average Bonchev–Trinajstić information content (AvgIpc) is 2.98. The number of pyridine rings is 1. The third kappa shape index (κ3) is 2.59. The Hall–Kier alpha value is -3.15. The van der Waals surface area contributed by atoms with Gasteiger partial charge in [0.25, 0.3) is 0 Å². The molecule has 0 radical (unpaired) electrons. The summed E-state index contributed by atoms with van der Waals surface area (Å²) >= 11 is 0. The summed E-state index contributed by atoms with van der Waals surface area (Å²) in [7, 11) is 0. The van der Waals surface area contributed by atoms with Gasteiger partial charge in [0, 0.05) is 29.2 Å². The molecule has 1 amide bonds. The van der Waals surface area contributed by atoms with Gasteiger partial charge < -0.3 is 11.5 Å². The van der Waals surface area contributed by atoms with Crippen LogP contribution in [0.5, 0.6) is 0 Å². The first-order chi connectivity index (χ1) is 10.1. The molecule has 2 aromatic heterocycles. The van der Waals surface area contributed by atoms with E-state index in [-0.39, 0.29) is 0 Å². The van der Waals surface area contributed by atoms with Crippen LogP contribution in [-0.2, 0) is 0 Å². The van der Waals surface area contributed by atoms with Crippen LogP contribution in [0.2, 0.25) is 0 Å². The molecular weight excluding hydrogens is 266 g/mol. The number of carbonyl (C=O) groups is 1. The van der Waals surface area contributed by atoms with Crippen LogP contribution in [-0.4, -0.2) is 20.7 Å². The number of nitrogens with zero attached hydrogens (tertiary/aromatic N) is 3. The summed E-state index contributed by atoms with van der Waals surface area (Å²) in [5.41, 5.74) is 14.0. The lowest BCUT2D eigenvalue weighted by atomic mass is 10.1. The Bertz CT molecular complexity index is 792. The molecule has 6 heteroatoms. The normalized spacial score (nSPS) is 10.5. The number of primary amides is 1. The van der Waals surface area contributed by atoms with Gasteiger partial charge >= 0.3 is 0 Å². The largest absolute Gasteiger partial charge is 0.399 e. The average molecular weight is 279 g/mol. The Morgan fingerprint density at radius 1 is 1.10 bits per heavy atom. The van der Waals surface area contributed by atoms with E-state index in [1.165, 1.54) is 6.20 Å². The Morgan fingerprint density at radius 2 is 1.86 bits per heavy atom. The first-order valence-corrected chi connectivity index (χ1v) is 6.30. The number of hydrogen-bond donors (Lipinski definition) is 2. The van der Waals surface area contributed by atoms with Gasteiger partial charge in [-0.05, 0) is 29.8 Å². The monoisotopic (exact) mass is 279 g/mol. The zero-order chi connectivity index (χ0) is 14.8. The fraction of sp³-hybridized carbons (Fsp3) is 0. The van der Waals surface area contributed by atoms with Crippen molar-refractivity contribution in [1.29, 1.82) is 0 Å². The van der Waals surface area contributed by atoms with Gasteiger partial charge in [0.15, 0.2) is 5.82 Å². The topological polar surface area (TPSA) is 99.8 Å². The molecule has 21 heavy (non-hydrogen) atoms. The molecule has 3 rings (SSSR count). The summed E-state index contributed by atoms with van der Waals surface area (Å²) in [6.45, 7) is 0. The SMILES string of the molecule is NC(=O)c1ccnc(-n2cc(-c3ccc(N)cc3)cn2)c1. The number of rotatable bonds is 3. The number of carbonyl (C=O) groups excluding carboxylic acids is 1. The Balaban J connectivity index is 1.96. The summed E-state index contributed by atoms with van der Waals surface area (Å²) in [6.07, 6.45) is 5.09. The first kappa shape index (κ1) is 12.9. The van der Waals surface area contributed by atoms with E-state index >= 15 is 0 Å². The standard InChI is InChI=1S/C15H13N5O/c16-13-3-1-10(2-4-13)12-8-19-20(9-12)14-7-11(15(17)21)5-6-18-14/h1-9H,16H2,(H2,17,21). The van der Waals surface area contributed by atoms with Crippen molar-refractivity contribution in [3.8, 4) is 16.9 Å². The van der Waals surface area contributed by atoms with Crippen LogP contribution in [0.3, 0.4) is 0 Å². The minimum absolute atomic E-state index is 0.393. The maximum Gasteiger partial charge on any atom is 0.248 e. The van der Waals surface area contributed by atoms with Crippen molar-refractivity contribution in [2.45, 2.75) is 0 Å². The van der Waals surface area contributed by atoms with E-state index in [2.05, 4.69) is 10.1 Å². The molecule has 0 saturated heterocycles. The van der Waals surface area contributed by atoms with Crippen LogP contribution in [0, 0.1) is 0 Å². The predicted octanol–water partition coefficient (Wildman–Crippen LogP) is 1.62. The molecule has 6 nitrogen and oxygen atoms in total. The van der Waals surface area contributed by atoms with Crippen molar-refractivity contribution >= 4 is 11.6 Å². The van der Waals surface area contributed by atoms with E-state index in [9.17, 15) is 4.79 Å². The molecule has 0 saturated carbocycles. The molecule has 0 atom stereocenters. The van der Waals surface area contributed by atoms with Crippen LogP contribution in [0.15, 0.2) is 55.0 Å². The van der Waals surface area contributed by atoms with Gasteiger partial charge in [-0.2, -0.15) is 5.10 Å².